The predicted molar refractivity (Wildman–Crippen MR) is 214 cm³/mol. The van der Waals surface area contributed by atoms with Gasteiger partial charge in [-0.1, -0.05) is 142 Å². The van der Waals surface area contributed by atoms with E-state index >= 15 is 0 Å². The molecule has 0 saturated carbocycles. The fraction of sp³-hybridized carbons (Fsp3) is 0.850. The maximum Gasteiger partial charge on any atom is 0.472 e. The average Bonchev–Trinajstić information content (AvgIpc) is 3.47. The number of ether oxygens (including phenoxy) is 3. The van der Waals surface area contributed by atoms with E-state index in [1.54, 1.807) is 0 Å². The molecule has 2 rings (SSSR count). The molecule has 1 aromatic rings. The van der Waals surface area contributed by atoms with E-state index in [4.69, 9.17) is 29.0 Å². The number of rotatable bonds is 34. The van der Waals surface area contributed by atoms with Gasteiger partial charge in [0.05, 0.1) is 13.2 Å². The van der Waals surface area contributed by atoms with Crippen molar-refractivity contribution in [2.75, 3.05) is 25.6 Å². The molecular formula is C40H72N3O12P. The lowest BCUT2D eigenvalue weighted by Gasteiger charge is -2.25. The normalized spacial score (nSPS) is 19.8. The van der Waals surface area contributed by atoms with Crippen molar-refractivity contribution >= 4 is 25.6 Å². The van der Waals surface area contributed by atoms with Crippen LogP contribution in [0.25, 0.3) is 0 Å². The largest absolute Gasteiger partial charge is 0.472 e. The Hall–Kier alpha value is -2.39. The number of carbonyl (C=O) groups excluding carboxylic acids is 2. The Morgan fingerprint density at radius 2 is 1.30 bits per heavy atom. The number of carbonyl (C=O) groups is 2. The Balaban J connectivity index is 1.89. The van der Waals surface area contributed by atoms with E-state index < -0.39 is 75.9 Å². The summed E-state index contributed by atoms with van der Waals surface area (Å²) in [6, 6.07) is 1.28. The Kier molecular flexibility index (Phi) is 26.4. The standard InChI is InChI=1S/C40H72N3O12P/c1-3-5-7-9-11-13-15-17-19-21-23-25-35(45)51-30-32(53-36(46)26-24-22-20-18-16-14-12-10-8-6-4-2)31-52-56(49,50)55-38-37(47)33(29-44)54-39(38)43-28-27-34(41)42-40(43)48/h27-28,32-33,37-39,44,47H,3-26,29-31H2,1-2H3,(H,49,50)(H2,41,42,48)/t32-,33-,37-,38-,39-/m1/s1. The summed E-state index contributed by atoms with van der Waals surface area (Å²) in [5, 5.41) is 20.4. The topological polar surface area (TPSA) is 219 Å². The molecule has 56 heavy (non-hydrogen) atoms. The quantitative estimate of drug-likeness (QED) is 0.0302. The molecule has 16 heteroatoms. The maximum atomic E-state index is 13.2. The Morgan fingerprint density at radius 1 is 0.821 bits per heavy atom. The van der Waals surface area contributed by atoms with Gasteiger partial charge in [0.2, 0.25) is 0 Å². The molecule has 1 fully saturated rings. The number of esters is 2. The lowest BCUT2D eigenvalue weighted by atomic mass is 10.1. The van der Waals surface area contributed by atoms with Crippen LogP contribution in [0, 0.1) is 0 Å². The third-order valence-corrected chi connectivity index (χ3v) is 11.0. The molecule has 1 saturated heterocycles. The number of nitrogen functional groups attached to an aromatic ring is 1. The zero-order chi connectivity index (χ0) is 41.0. The number of phosphoric ester groups is 1. The van der Waals surface area contributed by atoms with Gasteiger partial charge in [-0.05, 0) is 18.9 Å². The summed E-state index contributed by atoms with van der Waals surface area (Å²) in [7, 11) is -5.05. The van der Waals surface area contributed by atoms with E-state index in [2.05, 4.69) is 18.8 Å². The summed E-state index contributed by atoms with van der Waals surface area (Å²) in [6.07, 6.45) is 19.1. The van der Waals surface area contributed by atoms with Crippen molar-refractivity contribution in [2.45, 2.75) is 199 Å². The van der Waals surface area contributed by atoms with Crippen molar-refractivity contribution in [3.8, 4) is 0 Å². The first-order valence-electron chi connectivity index (χ1n) is 21.3. The molecular weight excluding hydrogens is 745 g/mol. The number of aliphatic hydroxyl groups is 2. The van der Waals surface area contributed by atoms with Crippen molar-refractivity contribution in [3.05, 3.63) is 22.7 Å². The molecule has 2 heterocycles. The van der Waals surface area contributed by atoms with Crippen LogP contribution in [-0.2, 0) is 37.4 Å². The molecule has 6 atom stereocenters. The van der Waals surface area contributed by atoms with E-state index in [9.17, 15) is 34.1 Å². The minimum atomic E-state index is -5.05. The van der Waals surface area contributed by atoms with Gasteiger partial charge < -0.3 is 35.1 Å². The van der Waals surface area contributed by atoms with Crippen molar-refractivity contribution in [2.24, 2.45) is 0 Å². The van der Waals surface area contributed by atoms with Crippen LogP contribution in [0.5, 0.6) is 0 Å². The van der Waals surface area contributed by atoms with Crippen LogP contribution in [0.15, 0.2) is 17.1 Å². The molecule has 0 radical (unpaired) electrons. The highest BCUT2D eigenvalue weighted by atomic mass is 31.2. The highest BCUT2D eigenvalue weighted by Gasteiger charge is 2.49. The third kappa shape index (κ3) is 21.4. The number of aliphatic hydroxyl groups excluding tert-OH is 2. The van der Waals surface area contributed by atoms with Crippen molar-refractivity contribution in [3.63, 3.8) is 0 Å². The van der Waals surface area contributed by atoms with Crippen LogP contribution >= 0.6 is 7.82 Å². The second-order valence-corrected chi connectivity index (χ2v) is 16.4. The summed E-state index contributed by atoms with van der Waals surface area (Å²) >= 11 is 0. The number of phosphoric acid groups is 1. The number of anilines is 1. The molecule has 5 N–H and O–H groups in total. The van der Waals surface area contributed by atoms with Gasteiger partial charge in [0.15, 0.2) is 12.3 Å². The maximum absolute atomic E-state index is 13.2. The Labute approximate surface area is 334 Å². The van der Waals surface area contributed by atoms with Crippen LogP contribution in [0.1, 0.15) is 174 Å². The van der Waals surface area contributed by atoms with Gasteiger partial charge >= 0.3 is 25.5 Å². The van der Waals surface area contributed by atoms with Crippen LogP contribution in [0.4, 0.5) is 5.82 Å². The highest BCUT2D eigenvalue weighted by Crippen LogP contribution is 2.49. The van der Waals surface area contributed by atoms with Gasteiger partial charge in [-0.3, -0.25) is 23.2 Å². The van der Waals surface area contributed by atoms with Crippen molar-refractivity contribution in [1.82, 2.24) is 9.55 Å². The third-order valence-electron chi connectivity index (χ3n) is 9.99. The first-order valence-corrected chi connectivity index (χ1v) is 22.8. The molecule has 0 amide bonds. The molecule has 1 aromatic heterocycles. The second kappa shape index (κ2) is 29.8. The van der Waals surface area contributed by atoms with E-state index in [0.29, 0.717) is 12.8 Å². The minimum Gasteiger partial charge on any atom is -0.462 e. The first kappa shape index (κ1) is 49.8. The van der Waals surface area contributed by atoms with Gasteiger partial charge in [0.1, 0.15) is 30.7 Å². The van der Waals surface area contributed by atoms with E-state index in [0.717, 1.165) is 43.1 Å². The summed E-state index contributed by atoms with van der Waals surface area (Å²) in [4.78, 5) is 52.2. The lowest BCUT2D eigenvalue weighted by molar-refractivity contribution is -0.161. The number of nitrogens with two attached hydrogens (primary N) is 1. The lowest BCUT2D eigenvalue weighted by Crippen LogP contribution is -2.38. The molecule has 1 unspecified atom stereocenters. The summed E-state index contributed by atoms with van der Waals surface area (Å²) in [5.41, 5.74) is 4.68. The summed E-state index contributed by atoms with van der Waals surface area (Å²) in [5.74, 6) is -1.13. The van der Waals surface area contributed by atoms with Crippen molar-refractivity contribution < 1.29 is 52.5 Å². The van der Waals surface area contributed by atoms with Crippen LogP contribution in [-0.4, -0.2) is 80.8 Å². The zero-order valence-electron chi connectivity index (χ0n) is 34.1. The Morgan fingerprint density at radius 3 is 1.79 bits per heavy atom. The molecule has 15 nitrogen and oxygen atoms in total. The van der Waals surface area contributed by atoms with Gasteiger partial charge in [-0.25, -0.2) is 9.36 Å². The molecule has 0 bridgehead atoms. The second-order valence-electron chi connectivity index (χ2n) is 15.0. The van der Waals surface area contributed by atoms with Crippen molar-refractivity contribution in [1.29, 1.82) is 0 Å². The summed E-state index contributed by atoms with van der Waals surface area (Å²) in [6.45, 7) is 2.65. The summed E-state index contributed by atoms with van der Waals surface area (Å²) < 4.78 is 41.0. The van der Waals surface area contributed by atoms with Crippen LogP contribution in [0.3, 0.4) is 0 Å². The Bertz CT molecular complexity index is 1320. The monoisotopic (exact) mass is 817 g/mol. The smallest absolute Gasteiger partial charge is 0.462 e. The minimum absolute atomic E-state index is 0.0827. The van der Waals surface area contributed by atoms with Crippen LogP contribution < -0.4 is 11.4 Å². The fourth-order valence-corrected chi connectivity index (χ4v) is 7.63. The average molecular weight is 818 g/mol. The van der Waals surface area contributed by atoms with E-state index in [1.807, 2.05) is 0 Å². The van der Waals surface area contributed by atoms with Crippen LogP contribution in [0.2, 0.25) is 0 Å². The molecule has 1 aliphatic heterocycles. The van der Waals surface area contributed by atoms with Gasteiger partial charge in [-0.15, -0.1) is 0 Å². The fourth-order valence-electron chi connectivity index (χ4n) is 6.67. The zero-order valence-corrected chi connectivity index (χ0v) is 35.0. The van der Waals surface area contributed by atoms with Gasteiger partial charge in [0.25, 0.3) is 0 Å². The SMILES string of the molecule is CCCCCCCCCCCCCC(=O)OC[C@H](COP(=O)(O)O[C@@H]1[C@H](O)[C@@H](CO)O[C@H]1n1ccc(N)nc1=O)OC(=O)CCCCCCCCCCCCC. The van der Waals surface area contributed by atoms with E-state index in [1.165, 1.54) is 102 Å². The van der Waals surface area contributed by atoms with Gasteiger partial charge in [-0.2, -0.15) is 4.98 Å². The molecule has 1 aliphatic rings. The highest BCUT2D eigenvalue weighted by molar-refractivity contribution is 7.47. The number of hydrogen-bond donors (Lipinski definition) is 4. The number of aromatic nitrogens is 2. The molecule has 0 spiro atoms. The molecule has 0 aromatic carbocycles. The van der Waals surface area contributed by atoms with Gasteiger partial charge in [0, 0.05) is 19.0 Å². The number of nitrogens with zero attached hydrogens (tertiary/aromatic N) is 2. The number of hydrogen-bond acceptors (Lipinski definition) is 13. The molecule has 324 valence electrons. The number of unbranched alkanes of at least 4 members (excludes halogenated alkanes) is 20. The molecule has 0 aliphatic carbocycles. The first-order chi connectivity index (χ1) is 27.0. The van der Waals surface area contributed by atoms with E-state index in [-0.39, 0.29) is 18.7 Å². The predicted octanol–water partition coefficient (Wildman–Crippen LogP) is 7.44.